The lowest BCUT2D eigenvalue weighted by Crippen LogP contribution is -2.22. The molecule has 0 fully saturated rings. The van der Waals surface area contributed by atoms with Crippen LogP contribution in [0.4, 0.5) is 4.39 Å². The fourth-order valence-corrected chi connectivity index (χ4v) is 1.65. The average molecular weight is 219 g/mol. The standard InChI is InChI=1S/C12H14FN3/c1-9(16-8-2-7-15-16)12(14)10-3-5-11(13)6-4-10/h2-9,12H,14H2,1H3. The Hall–Kier alpha value is -1.68. The van der Waals surface area contributed by atoms with E-state index in [1.807, 2.05) is 19.2 Å². The van der Waals surface area contributed by atoms with Gasteiger partial charge in [0, 0.05) is 12.4 Å². The van der Waals surface area contributed by atoms with Crippen molar-refractivity contribution in [1.82, 2.24) is 9.78 Å². The molecule has 1 heterocycles. The predicted molar refractivity (Wildman–Crippen MR) is 60.3 cm³/mol. The molecule has 3 nitrogen and oxygen atoms in total. The van der Waals surface area contributed by atoms with Crippen molar-refractivity contribution in [2.75, 3.05) is 0 Å². The lowest BCUT2D eigenvalue weighted by atomic mass is 10.0. The molecular weight excluding hydrogens is 205 g/mol. The van der Waals surface area contributed by atoms with E-state index in [-0.39, 0.29) is 17.9 Å². The van der Waals surface area contributed by atoms with Crippen LogP contribution in [0, 0.1) is 5.82 Å². The van der Waals surface area contributed by atoms with Crippen molar-refractivity contribution in [2.45, 2.75) is 19.0 Å². The van der Waals surface area contributed by atoms with Gasteiger partial charge in [0.1, 0.15) is 5.82 Å². The highest BCUT2D eigenvalue weighted by Gasteiger charge is 2.16. The van der Waals surface area contributed by atoms with Crippen molar-refractivity contribution in [1.29, 1.82) is 0 Å². The second-order valence-corrected chi connectivity index (χ2v) is 3.80. The second-order valence-electron chi connectivity index (χ2n) is 3.80. The second kappa shape index (κ2) is 4.45. The molecule has 0 aliphatic carbocycles. The first-order valence-corrected chi connectivity index (χ1v) is 5.18. The smallest absolute Gasteiger partial charge is 0.123 e. The molecular formula is C12H14FN3. The number of aromatic nitrogens is 2. The molecule has 1 aromatic heterocycles. The third-order valence-electron chi connectivity index (χ3n) is 2.72. The minimum Gasteiger partial charge on any atom is -0.322 e. The Labute approximate surface area is 93.7 Å². The molecule has 0 bridgehead atoms. The zero-order valence-corrected chi connectivity index (χ0v) is 9.05. The Morgan fingerprint density at radius 3 is 2.56 bits per heavy atom. The highest BCUT2D eigenvalue weighted by atomic mass is 19.1. The van der Waals surface area contributed by atoms with Gasteiger partial charge in [-0.2, -0.15) is 5.10 Å². The van der Waals surface area contributed by atoms with Crippen LogP contribution in [0.3, 0.4) is 0 Å². The molecule has 16 heavy (non-hydrogen) atoms. The van der Waals surface area contributed by atoms with Gasteiger partial charge in [-0.1, -0.05) is 12.1 Å². The molecule has 0 spiro atoms. The van der Waals surface area contributed by atoms with Crippen LogP contribution in [0.5, 0.6) is 0 Å². The van der Waals surface area contributed by atoms with Crippen molar-refractivity contribution >= 4 is 0 Å². The van der Waals surface area contributed by atoms with E-state index in [4.69, 9.17) is 5.73 Å². The van der Waals surface area contributed by atoms with Crippen molar-refractivity contribution in [2.24, 2.45) is 5.73 Å². The van der Waals surface area contributed by atoms with E-state index in [0.29, 0.717) is 0 Å². The third-order valence-corrected chi connectivity index (χ3v) is 2.72. The van der Waals surface area contributed by atoms with Crippen LogP contribution in [-0.2, 0) is 0 Å². The molecule has 1 aromatic carbocycles. The Kier molecular flexibility index (Phi) is 3.01. The summed E-state index contributed by atoms with van der Waals surface area (Å²) in [5, 5.41) is 4.14. The fourth-order valence-electron chi connectivity index (χ4n) is 1.65. The first-order chi connectivity index (χ1) is 7.68. The number of rotatable bonds is 3. The van der Waals surface area contributed by atoms with E-state index in [0.717, 1.165) is 5.56 Å². The summed E-state index contributed by atoms with van der Waals surface area (Å²) in [7, 11) is 0. The Morgan fingerprint density at radius 1 is 1.31 bits per heavy atom. The maximum Gasteiger partial charge on any atom is 0.123 e. The van der Waals surface area contributed by atoms with Gasteiger partial charge in [-0.3, -0.25) is 4.68 Å². The summed E-state index contributed by atoms with van der Waals surface area (Å²) in [6.45, 7) is 1.99. The molecule has 0 saturated carbocycles. The van der Waals surface area contributed by atoms with E-state index in [1.165, 1.54) is 12.1 Å². The third kappa shape index (κ3) is 2.12. The van der Waals surface area contributed by atoms with Gasteiger partial charge >= 0.3 is 0 Å². The SMILES string of the molecule is CC(C(N)c1ccc(F)cc1)n1cccn1. The normalized spacial score (nSPS) is 14.7. The van der Waals surface area contributed by atoms with Gasteiger partial charge < -0.3 is 5.73 Å². The van der Waals surface area contributed by atoms with Crippen LogP contribution in [-0.4, -0.2) is 9.78 Å². The monoisotopic (exact) mass is 219 g/mol. The van der Waals surface area contributed by atoms with Crippen molar-refractivity contribution in [3.05, 3.63) is 54.1 Å². The maximum absolute atomic E-state index is 12.8. The summed E-state index contributed by atoms with van der Waals surface area (Å²) < 4.78 is 14.6. The van der Waals surface area contributed by atoms with Gasteiger partial charge in [0.05, 0.1) is 12.1 Å². The van der Waals surface area contributed by atoms with E-state index in [2.05, 4.69) is 5.10 Å². The first-order valence-electron chi connectivity index (χ1n) is 5.18. The van der Waals surface area contributed by atoms with Crippen LogP contribution >= 0.6 is 0 Å². The van der Waals surface area contributed by atoms with Gasteiger partial charge in [0.25, 0.3) is 0 Å². The molecule has 0 radical (unpaired) electrons. The van der Waals surface area contributed by atoms with Crippen molar-refractivity contribution in [3.63, 3.8) is 0 Å². The van der Waals surface area contributed by atoms with Crippen LogP contribution in [0.2, 0.25) is 0 Å². The number of benzene rings is 1. The summed E-state index contributed by atoms with van der Waals surface area (Å²) in [6.07, 6.45) is 3.59. The Morgan fingerprint density at radius 2 is 2.00 bits per heavy atom. The molecule has 2 unspecified atom stereocenters. The number of hydrogen-bond donors (Lipinski definition) is 1. The zero-order valence-electron chi connectivity index (χ0n) is 9.05. The van der Waals surface area contributed by atoms with Crippen LogP contribution < -0.4 is 5.73 Å². The molecule has 2 rings (SSSR count). The molecule has 0 aliphatic rings. The Balaban J connectivity index is 2.19. The van der Waals surface area contributed by atoms with Crippen LogP contribution in [0.25, 0.3) is 0 Å². The van der Waals surface area contributed by atoms with Crippen LogP contribution in [0.1, 0.15) is 24.6 Å². The number of halogens is 1. The number of nitrogens with zero attached hydrogens (tertiary/aromatic N) is 2. The topological polar surface area (TPSA) is 43.8 Å². The zero-order chi connectivity index (χ0) is 11.5. The Bertz CT molecular complexity index is 436. The van der Waals surface area contributed by atoms with Gasteiger partial charge in [-0.05, 0) is 30.7 Å². The molecule has 0 amide bonds. The quantitative estimate of drug-likeness (QED) is 0.860. The first kappa shape index (κ1) is 10.8. The number of nitrogens with two attached hydrogens (primary N) is 1. The van der Waals surface area contributed by atoms with Gasteiger partial charge in [0.15, 0.2) is 0 Å². The summed E-state index contributed by atoms with van der Waals surface area (Å²) in [6, 6.07) is 7.96. The molecule has 4 heteroatoms. The van der Waals surface area contributed by atoms with E-state index < -0.39 is 0 Å². The molecule has 0 aliphatic heterocycles. The van der Waals surface area contributed by atoms with Crippen molar-refractivity contribution in [3.8, 4) is 0 Å². The summed E-state index contributed by atoms with van der Waals surface area (Å²) in [5.74, 6) is -0.248. The highest BCUT2D eigenvalue weighted by Crippen LogP contribution is 2.22. The summed E-state index contributed by atoms with van der Waals surface area (Å²) >= 11 is 0. The fraction of sp³-hybridized carbons (Fsp3) is 0.250. The molecule has 2 aromatic rings. The molecule has 0 saturated heterocycles. The van der Waals surface area contributed by atoms with E-state index in [1.54, 1.807) is 23.0 Å². The molecule has 2 N–H and O–H groups in total. The average Bonchev–Trinajstić information content (AvgIpc) is 2.81. The van der Waals surface area contributed by atoms with Crippen molar-refractivity contribution < 1.29 is 4.39 Å². The molecule has 2 atom stereocenters. The van der Waals surface area contributed by atoms with Crippen LogP contribution in [0.15, 0.2) is 42.7 Å². The largest absolute Gasteiger partial charge is 0.322 e. The predicted octanol–water partition coefficient (Wildman–Crippen LogP) is 2.28. The van der Waals surface area contributed by atoms with Gasteiger partial charge in [-0.15, -0.1) is 0 Å². The van der Waals surface area contributed by atoms with E-state index >= 15 is 0 Å². The summed E-state index contributed by atoms with van der Waals surface area (Å²) in [4.78, 5) is 0. The minimum absolute atomic E-state index is 0.0421. The van der Waals surface area contributed by atoms with Gasteiger partial charge in [-0.25, -0.2) is 4.39 Å². The summed E-state index contributed by atoms with van der Waals surface area (Å²) in [5.41, 5.74) is 7.00. The minimum atomic E-state index is -0.248. The van der Waals surface area contributed by atoms with E-state index in [9.17, 15) is 4.39 Å². The lowest BCUT2D eigenvalue weighted by Gasteiger charge is -2.20. The highest BCUT2D eigenvalue weighted by molar-refractivity contribution is 5.20. The lowest BCUT2D eigenvalue weighted by molar-refractivity contribution is 0.414. The van der Waals surface area contributed by atoms with Gasteiger partial charge in [0.2, 0.25) is 0 Å². The molecule has 84 valence electrons. The number of hydrogen-bond acceptors (Lipinski definition) is 2. The maximum atomic E-state index is 12.8.